The van der Waals surface area contributed by atoms with Crippen LogP contribution in [0.1, 0.15) is 43.9 Å². The summed E-state index contributed by atoms with van der Waals surface area (Å²) in [4.78, 5) is 25.9. The van der Waals surface area contributed by atoms with Crippen molar-refractivity contribution in [3.63, 3.8) is 0 Å². The van der Waals surface area contributed by atoms with Crippen molar-refractivity contribution in [1.29, 1.82) is 0 Å². The number of nitrogens with zero attached hydrogens (tertiary/aromatic N) is 1. The topological polar surface area (TPSA) is 55.8 Å². The second-order valence-electron chi connectivity index (χ2n) is 8.46. The number of hydrogen-bond acceptors (Lipinski definition) is 6. The molecule has 1 aliphatic rings. The maximum absolute atomic E-state index is 12.6. The van der Waals surface area contributed by atoms with E-state index in [-0.39, 0.29) is 30.3 Å². The zero-order valence-corrected chi connectivity index (χ0v) is 20.3. The van der Waals surface area contributed by atoms with Crippen molar-refractivity contribution in [3.8, 4) is 5.75 Å². The van der Waals surface area contributed by atoms with E-state index in [4.69, 9.17) is 17.0 Å². The third-order valence-electron chi connectivity index (χ3n) is 5.04. The fraction of sp³-hybridized carbons (Fsp3) is 0.320. The van der Waals surface area contributed by atoms with Crippen LogP contribution >= 0.6 is 24.0 Å². The molecule has 1 aliphatic heterocycles. The first-order valence-electron chi connectivity index (χ1n) is 10.3. The molecule has 7 heteroatoms. The Bertz CT molecular complexity index is 1020. The van der Waals surface area contributed by atoms with Crippen LogP contribution in [0.15, 0.2) is 53.4 Å². The van der Waals surface area contributed by atoms with E-state index in [2.05, 4.69) is 49.8 Å². The highest BCUT2D eigenvalue weighted by Gasteiger charge is 2.32. The van der Waals surface area contributed by atoms with E-state index in [9.17, 15) is 9.59 Å². The number of hydrogen-bond donors (Lipinski definition) is 0. The summed E-state index contributed by atoms with van der Waals surface area (Å²) in [5.74, 6) is 0.194. The summed E-state index contributed by atoms with van der Waals surface area (Å²) in [5.41, 5.74) is 3.41. The Labute approximate surface area is 198 Å². The fourth-order valence-electron chi connectivity index (χ4n) is 3.08. The SMILES string of the molecule is COC(=O)CCN1C(=O)/C(=C\c2ccc(OCc3ccc(C(C)(C)C)cc3)cc2)SC1=S. The number of thioether (sulfide) groups is 1. The summed E-state index contributed by atoms with van der Waals surface area (Å²) < 4.78 is 11.0. The predicted octanol–water partition coefficient (Wildman–Crippen LogP) is 5.33. The minimum atomic E-state index is -0.372. The Morgan fingerprint density at radius 2 is 1.75 bits per heavy atom. The molecule has 1 heterocycles. The Morgan fingerprint density at radius 1 is 1.09 bits per heavy atom. The van der Waals surface area contributed by atoms with Crippen molar-refractivity contribution in [2.24, 2.45) is 0 Å². The van der Waals surface area contributed by atoms with Crippen LogP contribution in [0.3, 0.4) is 0 Å². The van der Waals surface area contributed by atoms with Crippen molar-refractivity contribution in [3.05, 3.63) is 70.1 Å². The van der Waals surface area contributed by atoms with Gasteiger partial charge in [0.1, 0.15) is 16.7 Å². The smallest absolute Gasteiger partial charge is 0.307 e. The van der Waals surface area contributed by atoms with Crippen molar-refractivity contribution in [1.82, 2.24) is 4.90 Å². The van der Waals surface area contributed by atoms with Gasteiger partial charge in [0.2, 0.25) is 0 Å². The van der Waals surface area contributed by atoms with E-state index in [1.165, 1.54) is 29.3 Å². The summed E-state index contributed by atoms with van der Waals surface area (Å²) in [6.07, 6.45) is 1.91. The van der Waals surface area contributed by atoms with Gasteiger partial charge in [0.25, 0.3) is 5.91 Å². The number of carbonyl (C=O) groups excluding carboxylic acids is 2. The van der Waals surface area contributed by atoms with E-state index >= 15 is 0 Å². The number of amides is 1. The van der Waals surface area contributed by atoms with Gasteiger partial charge in [-0.15, -0.1) is 0 Å². The molecule has 1 fully saturated rings. The van der Waals surface area contributed by atoms with Gasteiger partial charge in [-0.2, -0.15) is 0 Å². The molecule has 0 aliphatic carbocycles. The van der Waals surface area contributed by atoms with E-state index in [1.54, 1.807) is 6.08 Å². The van der Waals surface area contributed by atoms with Gasteiger partial charge in [-0.3, -0.25) is 14.5 Å². The quantitative estimate of drug-likeness (QED) is 0.310. The van der Waals surface area contributed by atoms with Crippen molar-refractivity contribution in [2.75, 3.05) is 13.7 Å². The van der Waals surface area contributed by atoms with E-state index in [0.29, 0.717) is 15.8 Å². The summed E-state index contributed by atoms with van der Waals surface area (Å²) in [6.45, 7) is 7.29. The molecule has 2 aromatic rings. The number of ether oxygens (including phenoxy) is 2. The third-order valence-corrected chi connectivity index (χ3v) is 6.42. The first kappa shape index (κ1) is 24.0. The Hall–Kier alpha value is -2.64. The lowest BCUT2D eigenvalue weighted by molar-refractivity contribution is -0.140. The molecule has 3 rings (SSSR count). The second-order valence-corrected chi connectivity index (χ2v) is 10.1. The molecule has 5 nitrogen and oxygen atoms in total. The van der Waals surface area contributed by atoms with Gasteiger partial charge in [-0.25, -0.2) is 0 Å². The molecule has 0 saturated carbocycles. The number of esters is 1. The molecule has 0 aromatic heterocycles. The van der Waals surface area contributed by atoms with Gasteiger partial charge in [-0.05, 0) is 40.3 Å². The molecule has 32 heavy (non-hydrogen) atoms. The highest BCUT2D eigenvalue weighted by Crippen LogP contribution is 2.33. The molecule has 0 N–H and O–H groups in total. The largest absolute Gasteiger partial charge is 0.489 e. The summed E-state index contributed by atoms with van der Waals surface area (Å²) in [7, 11) is 1.32. The van der Waals surface area contributed by atoms with Crippen molar-refractivity contribution < 1.29 is 19.1 Å². The molecule has 1 saturated heterocycles. The molecular formula is C25H27NO4S2. The van der Waals surface area contributed by atoms with Crippen LogP contribution in [-0.4, -0.2) is 34.8 Å². The van der Waals surface area contributed by atoms with Crippen molar-refractivity contribution in [2.45, 2.75) is 39.2 Å². The molecular weight excluding hydrogens is 442 g/mol. The lowest BCUT2D eigenvalue weighted by Gasteiger charge is -2.19. The molecule has 168 valence electrons. The summed E-state index contributed by atoms with van der Waals surface area (Å²) in [6, 6.07) is 16.0. The molecule has 0 atom stereocenters. The van der Waals surface area contributed by atoms with Gasteiger partial charge in [0, 0.05) is 6.54 Å². The first-order valence-corrected chi connectivity index (χ1v) is 11.5. The van der Waals surface area contributed by atoms with E-state index in [1.807, 2.05) is 24.3 Å². The Balaban J connectivity index is 1.58. The second kappa shape index (κ2) is 10.3. The number of benzene rings is 2. The van der Waals surface area contributed by atoms with Gasteiger partial charge < -0.3 is 9.47 Å². The van der Waals surface area contributed by atoms with Crippen LogP contribution in [-0.2, 0) is 26.3 Å². The van der Waals surface area contributed by atoms with E-state index < -0.39 is 0 Å². The highest BCUT2D eigenvalue weighted by atomic mass is 32.2. The van der Waals surface area contributed by atoms with Gasteiger partial charge in [0.15, 0.2) is 0 Å². The molecule has 0 unspecified atom stereocenters. The van der Waals surface area contributed by atoms with Crippen LogP contribution in [0.25, 0.3) is 6.08 Å². The average Bonchev–Trinajstić information content (AvgIpc) is 3.03. The normalized spacial score (nSPS) is 15.4. The lowest BCUT2D eigenvalue weighted by atomic mass is 9.87. The Morgan fingerprint density at radius 3 is 2.34 bits per heavy atom. The average molecular weight is 470 g/mol. The molecule has 0 bridgehead atoms. The van der Waals surface area contributed by atoms with Crippen LogP contribution < -0.4 is 4.74 Å². The van der Waals surface area contributed by atoms with Crippen LogP contribution in [0.2, 0.25) is 0 Å². The molecule has 2 aromatic carbocycles. The zero-order chi connectivity index (χ0) is 23.3. The summed E-state index contributed by atoms with van der Waals surface area (Å²) >= 11 is 6.52. The monoisotopic (exact) mass is 469 g/mol. The van der Waals surface area contributed by atoms with E-state index in [0.717, 1.165) is 16.9 Å². The zero-order valence-electron chi connectivity index (χ0n) is 18.7. The van der Waals surface area contributed by atoms with Gasteiger partial charge in [-0.1, -0.05) is 81.1 Å². The molecule has 1 amide bonds. The lowest BCUT2D eigenvalue weighted by Crippen LogP contribution is -2.30. The third kappa shape index (κ3) is 6.20. The predicted molar refractivity (Wildman–Crippen MR) is 132 cm³/mol. The molecule has 0 radical (unpaired) electrons. The number of carbonyl (C=O) groups is 2. The summed E-state index contributed by atoms with van der Waals surface area (Å²) in [5, 5.41) is 0. The Kier molecular flexibility index (Phi) is 7.74. The number of rotatable bonds is 7. The van der Waals surface area contributed by atoms with Gasteiger partial charge in [0.05, 0.1) is 18.4 Å². The van der Waals surface area contributed by atoms with Gasteiger partial charge >= 0.3 is 5.97 Å². The minimum absolute atomic E-state index is 0.112. The number of methoxy groups -OCH3 is 1. The maximum atomic E-state index is 12.6. The minimum Gasteiger partial charge on any atom is -0.489 e. The number of thiocarbonyl (C=S) groups is 1. The van der Waals surface area contributed by atoms with Crippen LogP contribution in [0.5, 0.6) is 5.75 Å². The highest BCUT2D eigenvalue weighted by molar-refractivity contribution is 8.26. The maximum Gasteiger partial charge on any atom is 0.307 e. The standard InChI is InChI=1S/C25H27NO4S2/c1-25(2,3)19-9-5-18(6-10-19)16-30-20-11-7-17(8-12-20)15-21-23(28)26(24(31)32-21)14-13-22(27)29-4/h5-12,15H,13-14,16H2,1-4H3/b21-15+. The van der Waals surface area contributed by atoms with Crippen molar-refractivity contribution >= 4 is 46.3 Å². The molecule has 0 spiro atoms. The first-order chi connectivity index (χ1) is 15.2. The van der Waals surface area contributed by atoms with Crippen LogP contribution in [0.4, 0.5) is 0 Å². The fourth-order valence-corrected chi connectivity index (χ4v) is 4.39. The van der Waals surface area contributed by atoms with Crippen LogP contribution in [0, 0.1) is 0 Å².